The zero-order valence-corrected chi connectivity index (χ0v) is 5.32. The summed E-state index contributed by atoms with van der Waals surface area (Å²) in [5.41, 5.74) is 0. The average Bonchev–Trinajstić information content (AvgIpc) is 2.39. The van der Waals surface area contributed by atoms with E-state index in [2.05, 4.69) is 4.74 Å². The molecular formula is C6H8O4. The van der Waals surface area contributed by atoms with Crippen LogP contribution in [0.2, 0.25) is 0 Å². The third-order valence-electron chi connectivity index (χ3n) is 1.95. The van der Waals surface area contributed by atoms with Crippen LogP contribution in [0.3, 0.4) is 0 Å². The number of rotatable bonds is 1. The molecular weight excluding hydrogens is 136 g/mol. The maximum Gasteiger partial charge on any atom is 0.506 e. The SMILES string of the molecule is O=C(O)OC1CC2OC2C1. The first-order valence-corrected chi connectivity index (χ1v) is 3.31. The molecule has 1 heterocycles. The highest BCUT2D eigenvalue weighted by Gasteiger charge is 2.49. The Bertz CT molecular complexity index is 157. The lowest BCUT2D eigenvalue weighted by molar-refractivity contribution is 0.0392. The summed E-state index contributed by atoms with van der Waals surface area (Å²) < 4.78 is 9.64. The normalized spacial score (nSPS) is 42.6. The molecule has 2 atom stereocenters. The lowest BCUT2D eigenvalue weighted by Gasteiger charge is -2.08. The Kier molecular flexibility index (Phi) is 1.11. The number of carbonyl (C=O) groups is 1. The van der Waals surface area contributed by atoms with Crippen LogP contribution in [0.1, 0.15) is 12.8 Å². The van der Waals surface area contributed by atoms with Gasteiger partial charge >= 0.3 is 6.16 Å². The van der Waals surface area contributed by atoms with E-state index in [9.17, 15) is 4.79 Å². The molecule has 1 saturated carbocycles. The van der Waals surface area contributed by atoms with Crippen LogP contribution in [0.4, 0.5) is 4.79 Å². The van der Waals surface area contributed by atoms with Gasteiger partial charge in [-0.25, -0.2) is 4.79 Å². The summed E-state index contributed by atoms with van der Waals surface area (Å²) in [4.78, 5) is 10.0. The molecule has 2 rings (SSSR count). The summed E-state index contributed by atoms with van der Waals surface area (Å²) in [6.45, 7) is 0. The van der Waals surface area contributed by atoms with Crippen molar-refractivity contribution in [2.75, 3.05) is 0 Å². The molecule has 1 aliphatic carbocycles. The van der Waals surface area contributed by atoms with Gasteiger partial charge in [0.05, 0.1) is 12.2 Å². The van der Waals surface area contributed by atoms with Crippen LogP contribution in [0, 0.1) is 0 Å². The molecule has 2 fully saturated rings. The Morgan fingerprint density at radius 3 is 2.60 bits per heavy atom. The van der Waals surface area contributed by atoms with E-state index in [0.29, 0.717) is 12.2 Å². The molecule has 0 bridgehead atoms. The molecule has 56 valence electrons. The minimum atomic E-state index is -1.17. The van der Waals surface area contributed by atoms with Crippen LogP contribution in [0.15, 0.2) is 0 Å². The molecule has 0 aromatic rings. The van der Waals surface area contributed by atoms with Crippen LogP contribution in [0.25, 0.3) is 0 Å². The summed E-state index contributed by atoms with van der Waals surface area (Å²) in [5, 5.41) is 8.21. The highest BCUT2D eigenvalue weighted by molar-refractivity contribution is 5.57. The Hall–Kier alpha value is -0.770. The van der Waals surface area contributed by atoms with Crippen LogP contribution in [0.5, 0.6) is 0 Å². The number of carboxylic acid groups (broad SMARTS) is 1. The van der Waals surface area contributed by atoms with Gasteiger partial charge < -0.3 is 14.6 Å². The van der Waals surface area contributed by atoms with Crippen LogP contribution in [-0.4, -0.2) is 29.6 Å². The predicted molar refractivity (Wildman–Crippen MR) is 30.8 cm³/mol. The molecule has 0 aromatic heterocycles. The number of fused-ring (bicyclic) bond motifs is 1. The van der Waals surface area contributed by atoms with E-state index in [4.69, 9.17) is 9.84 Å². The smallest absolute Gasteiger partial charge is 0.450 e. The molecule has 2 unspecified atom stereocenters. The topological polar surface area (TPSA) is 59.1 Å². The summed E-state index contributed by atoms with van der Waals surface area (Å²) in [6, 6.07) is 0. The van der Waals surface area contributed by atoms with Gasteiger partial charge in [0, 0.05) is 12.8 Å². The molecule has 1 saturated heterocycles. The van der Waals surface area contributed by atoms with Crippen molar-refractivity contribution >= 4 is 6.16 Å². The van der Waals surface area contributed by atoms with Gasteiger partial charge in [0.25, 0.3) is 0 Å². The van der Waals surface area contributed by atoms with Crippen molar-refractivity contribution in [3.05, 3.63) is 0 Å². The standard InChI is InChI=1S/C6H8O4/c7-6(8)9-3-1-4-5(2-3)10-4/h3-5H,1-2H2,(H,7,8). The Balaban J connectivity index is 1.80. The molecule has 0 amide bonds. The molecule has 4 heteroatoms. The first-order valence-electron chi connectivity index (χ1n) is 3.31. The van der Waals surface area contributed by atoms with Crippen LogP contribution in [-0.2, 0) is 9.47 Å². The van der Waals surface area contributed by atoms with Gasteiger partial charge in [-0.2, -0.15) is 0 Å². The molecule has 0 spiro atoms. The van der Waals surface area contributed by atoms with Gasteiger partial charge in [-0.15, -0.1) is 0 Å². The lowest BCUT2D eigenvalue weighted by Crippen LogP contribution is -2.15. The van der Waals surface area contributed by atoms with Crippen molar-refractivity contribution in [2.45, 2.75) is 31.2 Å². The van der Waals surface area contributed by atoms with E-state index in [0.717, 1.165) is 12.8 Å². The average molecular weight is 144 g/mol. The molecule has 2 aliphatic rings. The minimum Gasteiger partial charge on any atom is -0.450 e. The van der Waals surface area contributed by atoms with Crippen molar-refractivity contribution in [3.8, 4) is 0 Å². The molecule has 1 aliphatic heterocycles. The van der Waals surface area contributed by atoms with E-state index in [-0.39, 0.29) is 6.10 Å². The van der Waals surface area contributed by atoms with E-state index in [1.165, 1.54) is 0 Å². The second-order valence-electron chi connectivity index (χ2n) is 2.69. The number of ether oxygens (including phenoxy) is 2. The van der Waals surface area contributed by atoms with Crippen molar-refractivity contribution in [1.29, 1.82) is 0 Å². The monoisotopic (exact) mass is 144 g/mol. The number of hydrogen-bond acceptors (Lipinski definition) is 3. The molecule has 1 N–H and O–H groups in total. The van der Waals surface area contributed by atoms with E-state index in [1.54, 1.807) is 0 Å². The molecule has 0 radical (unpaired) electrons. The van der Waals surface area contributed by atoms with E-state index < -0.39 is 6.16 Å². The van der Waals surface area contributed by atoms with Crippen molar-refractivity contribution in [3.63, 3.8) is 0 Å². The first kappa shape index (κ1) is 5.97. The van der Waals surface area contributed by atoms with Gasteiger partial charge in [0.2, 0.25) is 0 Å². The third-order valence-corrected chi connectivity index (χ3v) is 1.95. The fraction of sp³-hybridized carbons (Fsp3) is 0.833. The summed E-state index contributed by atoms with van der Waals surface area (Å²) in [6.07, 6.45) is 0.801. The maximum absolute atomic E-state index is 10.0. The van der Waals surface area contributed by atoms with E-state index in [1.807, 2.05) is 0 Å². The molecule has 0 aromatic carbocycles. The summed E-state index contributed by atoms with van der Waals surface area (Å²) in [7, 11) is 0. The first-order chi connectivity index (χ1) is 4.75. The van der Waals surface area contributed by atoms with Gasteiger partial charge in [0.15, 0.2) is 0 Å². The Morgan fingerprint density at radius 2 is 2.10 bits per heavy atom. The highest BCUT2D eigenvalue weighted by Crippen LogP contribution is 2.39. The second-order valence-corrected chi connectivity index (χ2v) is 2.69. The zero-order valence-electron chi connectivity index (χ0n) is 5.32. The number of hydrogen-bond donors (Lipinski definition) is 1. The predicted octanol–water partition coefficient (Wildman–Crippen LogP) is 0.611. The zero-order chi connectivity index (χ0) is 7.14. The van der Waals surface area contributed by atoms with Crippen LogP contribution < -0.4 is 0 Å². The van der Waals surface area contributed by atoms with Crippen LogP contribution >= 0.6 is 0 Å². The highest BCUT2D eigenvalue weighted by atomic mass is 16.7. The van der Waals surface area contributed by atoms with Gasteiger partial charge in [-0.1, -0.05) is 0 Å². The van der Waals surface area contributed by atoms with Gasteiger partial charge in [0.1, 0.15) is 6.10 Å². The van der Waals surface area contributed by atoms with E-state index >= 15 is 0 Å². The maximum atomic E-state index is 10.0. The fourth-order valence-corrected chi connectivity index (χ4v) is 1.45. The summed E-state index contributed by atoms with van der Waals surface area (Å²) in [5.74, 6) is 0. The fourth-order valence-electron chi connectivity index (χ4n) is 1.45. The minimum absolute atomic E-state index is 0.110. The third kappa shape index (κ3) is 0.945. The quantitative estimate of drug-likeness (QED) is 0.432. The summed E-state index contributed by atoms with van der Waals surface area (Å²) >= 11 is 0. The second kappa shape index (κ2) is 1.85. The largest absolute Gasteiger partial charge is 0.506 e. The lowest BCUT2D eigenvalue weighted by atomic mass is 10.3. The van der Waals surface area contributed by atoms with Crippen molar-refractivity contribution in [1.82, 2.24) is 0 Å². The Labute approximate surface area is 57.7 Å². The Morgan fingerprint density at radius 1 is 1.50 bits per heavy atom. The molecule has 4 nitrogen and oxygen atoms in total. The molecule has 10 heavy (non-hydrogen) atoms. The van der Waals surface area contributed by atoms with Crippen molar-refractivity contribution < 1.29 is 19.4 Å². The number of epoxide rings is 1. The van der Waals surface area contributed by atoms with Gasteiger partial charge in [-0.3, -0.25) is 0 Å². The van der Waals surface area contributed by atoms with Crippen molar-refractivity contribution in [2.24, 2.45) is 0 Å². The van der Waals surface area contributed by atoms with Gasteiger partial charge in [-0.05, 0) is 0 Å².